The van der Waals surface area contributed by atoms with Gasteiger partial charge in [0, 0.05) is 18.0 Å². The van der Waals surface area contributed by atoms with E-state index in [0.717, 1.165) is 23.1 Å². The van der Waals surface area contributed by atoms with Crippen LogP contribution in [0.5, 0.6) is 0 Å². The number of nitrogens with zero attached hydrogens (tertiary/aromatic N) is 1. The number of unbranched alkanes of at least 4 members (excludes halogenated alkanes) is 1. The third kappa shape index (κ3) is 5.54. The first-order valence-electron chi connectivity index (χ1n) is 8.50. The lowest BCUT2D eigenvalue weighted by Gasteiger charge is -2.25. The number of carbonyl (C=O) groups is 1. The lowest BCUT2D eigenvalue weighted by atomic mass is 9.86. The number of hydrogen-bond acceptors (Lipinski definition) is 3. The van der Waals surface area contributed by atoms with Crippen LogP contribution < -0.4 is 0 Å². The van der Waals surface area contributed by atoms with Crippen LogP contribution in [0.15, 0.2) is 60.9 Å². The normalized spacial score (nSPS) is 13.5. The number of allylic oxidation sites excluding steroid dienone is 1. The van der Waals surface area contributed by atoms with Crippen LogP contribution >= 0.6 is 0 Å². The van der Waals surface area contributed by atoms with Crippen LogP contribution in [0.25, 0.3) is 5.57 Å². The van der Waals surface area contributed by atoms with Gasteiger partial charge in [0.2, 0.25) is 0 Å². The average Bonchev–Trinajstić information content (AvgIpc) is 2.58. The van der Waals surface area contributed by atoms with E-state index in [1.165, 1.54) is 0 Å². The lowest BCUT2D eigenvalue weighted by Crippen LogP contribution is -2.36. The van der Waals surface area contributed by atoms with Crippen molar-refractivity contribution in [2.24, 2.45) is 5.92 Å². The van der Waals surface area contributed by atoms with Crippen LogP contribution in [0.1, 0.15) is 44.2 Å². The third-order valence-corrected chi connectivity index (χ3v) is 4.25. The van der Waals surface area contributed by atoms with Crippen molar-refractivity contribution >= 4 is 11.5 Å². The summed E-state index contributed by atoms with van der Waals surface area (Å²) in [6, 6.07) is 14.0. The summed E-state index contributed by atoms with van der Waals surface area (Å²) in [5.41, 5.74) is 2.00. The second-order valence-electron chi connectivity index (χ2n) is 6.70. The van der Waals surface area contributed by atoms with E-state index in [1.54, 1.807) is 20.0 Å². The number of aliphatic hydroxyl groups is 1. The second kappa shape index (κ2) is 8.58. The van der Waals surface area contributed by atoms with E-state index in [1.807, 2.05) is 36.5 Å². The molecule has 4 nitrogen and oxygen atoms in total. The van der Waals surface area contributed by atoms with Crippen molar-refractivity contribution in [1.29, 1.82) is 0 Å². The molecule has 0 radical (unpaired) electrons. The second-order valence-corrected chi connectivity index (χ2v) is 6.70. The number of pyridine rings is 1. The largest absolute Gasteiger partial charge is 0.481 e. The number of rotatable bonds is 8. The number of aromatic nitrogens is 1. The summed E-state index contributed by atoms with van der Waals surface area (Å²) >= 11 is 0. The SMILES string of the molecule is CC(C)(O)C(CCC/C=C(\c1ccccc1)c1cccnc1)C(=O)O. The molecule has 0 bridgehead atoms. The summed E-state index contributed by atoms with van der Waals surface area (Å²) in [5, 5.41) is 19.3. The van der Waals surface area contributed by atoms with E-state index in [9.17, 15) is 15.0 Å². The summed E-state index contributed by atoms with van der Waals surface area (Å²) in [5.74, 6) is -1.72. The fourth-order valence-electron chi connectivity index (χ4n) is 2.89. The highest BCUT2D eigenvalue weighted by Crippen LogP contribution is 2.26. The first-order valence-corrected chi connectivity index (χ1v) is 8.50. The molecule has 2 N–H and O–H groups in total. The molecule has 0 aliphatic heterocycles. The maximum atomic E-state index is 11.3. The first kappa shape index (κ1) is 18.9. The van der Waals surface area contributed by atoms with E-state index < -0.39 is 17.5 Å². The highest BCUT2D eigenvalue weighted by atomic mass is 16.4. The van der Waals surface area contributed by atoms with E-state index >= 15 is 0 Å². The van der Waals surface area contributed by atoms with Gasteiger partial charge in [0.15, 0.2) is 0 Å². The van der Waals surface area contributed by atoms with Gasteiger partial charge in [-0.1, -0.05) is 42.5 Å². The molecule has 1 aromatic carbocycles. The first-order chi connectivity index (χ1) is 11.9. The number of aliphatic carboxylic acids is 1. The number of carboxylic acids is 1. The maximum Gasteiger partial charge on any atom is 0.309 e. The Kier molecular flexibility index (Phi) is 6.48. The fourth-order valence-corrected chi connectivity index (χ4v) is 2.89. The molecule has 0 aliphatic rings. The summed E-state index contributed by atoms with van der Waals surface area (Å²) in [6.07, 6.45) is 7.55. The van der Waals surface area contributed by atoms with E-state index in [2.05, 4.69) is 23.2 Å². The highest BCUT2D eigenvalue weighted by Gasteiger charge is 2.32. The Morgan fingerprint density at radius 3 is 2.40 bits per heavy atom. The topological polar surface area (TPSA) is 70.4 Å². The standard InChI is InChI=1S/C21H25NO3/c1-21(2,25)19(20(23)24)13-7-6-12-18(16-9-4-3-5-10-16)17-11-8-14-22-15-17/h3-5,8-12,14-15,19,25H,6-7,13H2,1-2H3,(H,23,24)/b18-12+. The van der Waals surface area contributed by atoms with E-state index in [0.29, 0.717) is 12.8 Å². The third-order valence-electron chi connectivity index (χ3n) is 4.25. The average molecular weight is 339 g/mol. The minimum Gasteiger partial charge on any atom is -0.481 e. The van der Waals surface area contributed by atoms with E-state index in [-0.39, 0.29) is 0 Å². The lowest BCUT2D eigenvalue weighted by molar-refractivity contribution is -0.150. The molecule has 0 spiro atoms. The zero-order valence-electron chi connectivity index (χ0n) is 14.7. The predicted octanol–water partition coefficient (Wildman–Crippen LogP) is 4.16. The molecule has 1 heterocycles. The van der Waals surface area contributed by atoms with Gasteiger partial charge in [-0.2, -0.15) is 0 Å². The van der Waals surface area contributed by atoms with Crippen LogP contribution in [0.2, 0.25) is 0 Å². The zero-order chi connectivity index (χ0) is 18.3. The van der Waals surface area contributed by atoms with Crippen LogP contribution in [-0.4, -0.2) is 26.8 Å². The van der Waals surface area contributed by atoms with Gasteiger partial charge in [-0.25, -0.2) is 0 Å². The van der Waals surface area contributed by atoms with Crippen LogP contribution in [0, 0.1) is 5.92 Å². The Bertz CT molecular complexity index is 661. The molecule has 1 unspecified atom stereocenters. The van der Waals surface area contributed by atoms with Gasteiger partial charge in [0.25, 0.3) is 0 Å². The van der Waals surface area contributed by atoms with Gasteiger partial charge >= 0.3 is 5.97 Å². The fraction of sp³-hybridized carbons (Fsp3) is 0.333. The molecule has 25 heavy (non-hydrogen) atoms. The van der Waals surface area contributed by atoms with Crippen molar-refractivity contribution in [2.45, 2.75) is 38.7 Å². The Morgan fingerprint density at radius 2 is 1.84 bits per heavy atom. The Balaban J connectivity index is 2.13. The predicted molar refractivity (Wildman–Crippen MR) is 99.0 cm³/mol. The monoisotopic (exact) mass is 339 g/mol. The molecule has 1 aromatic heterocycles. The van der Waals surface area contributed by atoms with Gasteiger partial charge < -0.3 is 10.2 Å². The van der Waals surface area contributed by atoms with Gasteiger partial charge in [0.05, 0.1) is 11.5 Å². The van der Waals surface area contributed by atoms with Crippen molar-refractivity contribution in [1.82, 2.24) is 4.98 Å². The number of benzene rings is 1. The Hall–Kier alpha value is -2.46. The Morgan fingerprint density at radius 1 is 1.16 bits per heavy atom. The van der Waals surface area contributed by atoms with Crippen molar-refractivity contribution in [3.05, 3.63) is 72.1 Å². The quantitative estimate of drug-likeness (QED) is 0.709. The number of hydrogen-bond donors (Lipinski definition) is 2. The molecular formula is C21H25NO3. The Labute approximate surface area is 148 Å². The molecule has 4 heteroatoms. The zero-order valence-corrected chi connectivity index (χ0v) is 14.7. The summed E-state index contributed by atoms with van der Waals surface area (Å²) in [7, 11) is 0. The van der Waals surface area contributed by atoms with Crippen LogP contribution in [-0.2, 0) is 4.79 Å². The molecule has 2 rings (SSSR count). The van der Waals surface area contributed by atoms with Gasteiger partial charge in [-0.05, 0) is 50.3 Å². The van der Waals surface area contributed by atoms with Crippen LogP contribution in [0.4, 0.5) is 0 Å². The molecule has 0 saturated heterocycles. The highest BCUT2D eigenvalue weighted by molar-refractivity contribution is 5.79. The molecule has 1 atom stereocenters. The van der Waals surface area contributed by atoms with Gasteiger partial charge in [-0.15, -0.1) is 0 Å². The summed E-state index contributed by atoms with van der Waals surface area (Å²) in [6.45, 7) is 3.10. The number of carboxylic acid groups (broad SMARTS) is 1. The molecular weight excluding hydrogens is 314 g/mol. The summed E-state index contributed by atoms with van der Waals surface area (Å²) in [4.78, 5) is 15.5. The van der Waals surface area contributed by atoms with Crippen molar-refractivity contribution in [3.63, 3.8) is 0 Å². The molecule has 2 aromatic rings. The van der Waals surface area contributed by atoms with Crippen LogP contribution in [0.3, 0.4) is 0 Å². The smallest absolute Gasteiger partial charge is 0.309 e. The molecule has 0 saturated carbocycles. The molecule has 0 amide bonds. The summed E-state index contributed by atoms with van der Waals surface area (Å²) < 4.78 is 0. The molecule has 132 valence electrons. The minimum atomic E-state index is -1.22. The maximum absolute atomic E-state index is 11.3. The van der Waals surface area contributed by atoms with Crippen molar-refractivity contribution in [3.8, 4) is 0 Å². The van der Waals surface area contributed by atoms with Crippen molar-refractivity contribution in [2.75, 3.05) is 0 Å². The van der Waals surface area contributed by atoms with Crippen molar-refractivity contribution < 1.29 is 15.0 Å². The van der Waals surface area contributed by atoms with Gasteiger partial charge in [0.1, 0.15) is 0 Å². The molecule has 0 fully saturated rings. The van der Waals surface area contributed by atoms with E-state index in [4.69, 9.17) is 0 Å². The minimum absolute atomic E-state index is 0.435. The molecule has 0 aliphatic carbocycles. The van der Waals surface area contributed by atoms with Gasteiger partial charge in [-0.3, -0.25) is 9.78 Å².